The van der Waals surface area contributed by atoms with Crippen LogP contribution in [0.5, 0.6) is 0 Å². The van der Waals surface area contributed by atoms with Crippen LogP contribution in [0.4, 0.5) is 0 Å². The zero-order chi connectivity index (χ0) is 13.1. The van der Waals surface area contributed by atoms with E-state index in [2.05, 4.69) is 26.8 Å². The molecule has 2 atom stereocenters. The van der Waals surface area contributed by atoms with E-state index in [0.29, 0.717) is 18.4 Å². The van der Waals surface area contributed by atoms with E-state index in [9.17, 15) is 4.79 Å². The highest BCUT2D eigenvalue weighted by Gasteiger charge is 2.31. The second kappa shape index (κ2) is 5.66. The van der Waals surface area contributed by atoms with E-state index in [1.54, 1.807) is 0 Å². The molecular weight excluding hydrogens is 224 g/mol. The molecule has 1 aromatic carbocycles. The Morgan fingerprint density at radius 3 is 2.83 bits per heavy atom. The van der Waals surface area contributed by atoms with Crippen LogP contribution in [0.3, 0.4) is 0 Å². The molecule has 0 radical (unpaired) electrons. The SMILES string of the molecule is CC(C)Cc1cccc(C(=O)C2OCCC2C)c1. The van der Waals surface area contributed by atoms with Crippen molar-refractivity contribution < 1.29 is 9.53 Å². The van der Waals surface area contributed by atoms with Crippen LogP contribution in [0.2, 0.25) is 0 Å². The quantitative estimate of drug-likeness (QED) is 0.760. The predicted molar refractivity (Wildman–Crippen MR) is 72.8 cm³/mol. The molecule has 1 heterocycles. The van der Waals surface area contributed by atoms with Gasteiger partial charge in [0.1, 0.15) is 6.10 Å². The summed E-state index contributed by atoms with van der Waals surface area (Å²) in [4.78, 5) is 12.4. The van der Waals surface area contributed by atoms with Crippen LogP contribution in [-0.2, 0) is 11.2 Å². The molecule has 1 aromatic rings. The molecule has 1 saturated heterocycles. The molecule has 0 amide bonds. The molecule has 18 heavy (non-hydrogen) atoms. The first kappa shape index (κ1) is 13.3. The van der Waals surface area contributed by atoms with Crippen molar-refractivity contribution in [2.75, 3.05) is 6.61 Å². The number of ether oxygens (including phenoxy) is 1. The summed E-state index contributed by atoms with van der Waals surface area (Å²) < 4.78 is 5.55. The Kier molecular flexibility index (Phi) is 4.18. The molecule has 1 aliphatic heterocycles. The van der Waals surface area contributed by atoms with Crippen molar-refractivity contribution in [3.05, 3.63) is 35.4 Å². The maximum absolute atomic E-state index is 12.4. The average Bonchev–Trinajstić information content (AvgIpc) is 2.74. The second-order valence-electron chi connectivity index (χ2n) is 5.72. The third kappa shape index (κ3) is 2.99. The molecular formula is C16H22O2. The lowest BCUT2D eigenvalue weighted by Crippen LogP contribution is -2.25. The van der Waals surface area contributed by atoms with Gasteiger partial charge in [-0.05, 0) is 36.3 Å². The molecule has 0 N–H and O–H groups in total. The number of benzene rings is 1. The van der Waals surface area contributed by atoms with Crippen LogP contribution >= 0.6 is 0 Å². The molecule has 2 nitrogen and oxygen atoms in total. The second-order valence-corrected chi connectivity index (χ2v) is 5.72. The Hall–Kier alpha value is -1.15. The standard InChI is InChI=1S/C16H22O2/c1-11(2)9-13-5-4-6-14(10-13)15(17)16-12(3)7-8-18-16/h4-6,10-12,16H,7-9H2,1-3H3. The zero-order valence-electron chi connectivity index (χ0n) is 11.5. The summed E-state index contributed by atoms with van der Waals surface area (Å²) in [6.07, 6.45) is 1.77. The van der Waals surface area contributed by atoms with Crippen LogP contribution in [0.25, 0.3) is 0 Å². The van der Waals surface area contributed by atoms with Crippen molar-refractivity contribution in [1.82, 2.24) is 0 Å². The van der Waals surface area contributed by atoms with E-state index in [1.165, 1.54) is 5.56 Å². The fourth-order valence-electron chi connectivity index (χ4n) is 2.52. The van der Waals surface area contributed by atoms with Gasteiger partial charge >= 0.3 is 0 Å². The highest BCUT2D eigenvalue weighted by Crippen LogP contribution is 2.24. The van der Waals surface area contributed by atoms with Crippen molar-refractivity contribution >= 4 is 5.78 Å². The first-order valence-corrected chi connectivity index (χ1v) is 6.82. The first-order valence-electron chi connectivity index (χ1n) is 6.82. The minimum absolute atomic E-state index is 0.144. The van der Waals surface area contributed by atoms with Crippen LogP contribution in [-0.4, -0.2) is 18.5 Å². The van der Waals surface area contributed by atoms with Crippen LogP contribution in [0.1, 0.15) is 43.1 Å². The number of rotatable bonds is 4. The highest BCUT2D eigenvalue weighted by molar-refractivity contribution is 6.00. The van der Waals surface area contributed by atoms with Crippen molar-refractivity contribution in [3.8, 4) is 0 Å². The van der Waals surface area contributed by atoms with E-state index in [1.807, 2.05) is 18.2 Å². The molecule has 0 aliphatic carbocycles. The molecule has 2 rings (SSSR count). The Bertz CT molecular complexity index is 423. The number of carbonyl (C=O) groups excluding carboxylic acids is 1. The predicted octanol–water partition coefficient (Wildman–Crippen LogP) is 3.49. The molecule has 0 saturated carbocycles. The lowest BCUT2D eigenvalue weighted by atomic mass is 9.94. The number of hydrogen-bond acceptors (Lipinski definition) is 2. The maximum atomic E-state index is 12.4. The van der Waals surface area contributed by atoms with E-state index >= 15 is 0 Å². The number of ketones is 1. The maximum Gasteiger partial charge on any atom is 0.191 e. The summed E-state index contributed by atoms with van der Waals surface area (Å²) in [5.41, 5.74) is 2.04. The van der Waals surface area contributed by atoms with Crippen molar-refractivity contribution in [2.24, 2.45) is 11.8 Å². The van der Waals surface area contributed by atoms with Gasteiger partial charge in [0.25, 0.3) is 0 Å². The lowest BCUT2D eigenvalue weighted by molar-refractivity contribution is 0.0579. The Morgan fingerprint density at radius 1 is 1.44 bits per heavy atom. The largest absolute Gasteiger partial charge is 0.370 e. The molecule has 0 spiro atoms. The first-order chi connectivity index (χ1) is 8.58. The van der Waals surface area contributed by atoms with Gasteiger partial charge in [0.05, 0.1) is 0 Å². The molecule has 2 unspecified atom stereocenters. The van der Waals surface area contributed by atoms with Gasteiger partial charge in [0, 0.05) is 12.2 Å². The normalized spacial score (nSPS) is 23.6. The van der Waals surface area contributed by atoms with Gasteiger partial charge in [-0.3, -0.25) is 4.79 Å². The third-order valence-electron chi connectivity index (χ3n) is 3.50. The molecule has 1 aliphatic rings. The van der Waals surface area contributed by atoms with Crippen molar-refractivity contribution in [3.63, 3.8) is 0 Å². The Labute approximate surface area is 109 Å². The fraction of sp³-hybridized carbons (Fsp3) is 0.562. The van der Waals surface area contributed by atoms with Gasteiger partial charge in [-0.2, -0.15) is 0 Å². The van der Waals surface area contributed by atoms with Crippen molar-refractivity contribution in [2.45, 2.75) is 39.7 Å². The van der Waals surface area contributed by atoms with Gasteiger partial charge in [-0.15, -0.1) is 0 Å². The number of hydrogen-bond donors (Lipinski definition) is 0. The highest BCUT2D eigenvalue weighted by atomic mass is 16.5. The average molecular weight is 246 g/mol. The van der Waals surface area contributed by atoms with Gasteiger partial charge in [-0.25, -0.2) is 0 Å². The van der Waals surface area contributed by atoms with Crippen LogP contribution < -0.4 is 0 Å². The topological polar surface area (TPSA) is 26.3 Å². The van der Waals surface area contributed by atoms with Crippen molar-refractivity contribution in [1.29, 1.82) is 0 Å². The zero-order valence-corrected chi connectivity index (χ0v) is 11.5. The number of Topliss-reactive ketones (excluding diaryl/α,β-unsaturated/α-hetero) is 1. The Balaban J connectivity index is 2.15. The number of carbonyl (C=O) groups is 1. The van der Waals surface area contributed by atoms with Gasteiger partial charge in [-0.1, -0.05) is 39.0 Å². The molecule has 2 heteroatoms. The van der Waals surface area contributed by atoms with Crippen LogP contribution in [0.15, 0.2) is 24.3 Å². The molecule has 98 valence electrons. The summed E-state index contributed by atoms with van der Waals surface area (Å²) >= 11 is 0. The summed E-state index contributed by atoms with van der Waals surface area (Å²) in [6, 6.07) is 8.00. The fourth-order valence-corrected chi connectivity index (χ4v) is 2.52. The molecule has 0 bridgehead atoms. The van der Waals surface area contributed by atoms with E-state index in [0.717, 1.165) is 18.4 Å². The minimum atomic E-state index is -0.237. The van der Waals surface area contributed by atoms with Gasteiger partial charge in [0.2, 0.25) is 0 Å². The van der Waals surface area contributed by atoms with Crippen LogP contribution in [0, 0.1) is 11.8 Å². The van der Waals surface area contributed by atoms with E-state index in [-0.39, 0.29) is 11.9 Å². The monoisotopic (exact) mass is 246 g/mol. The smallest absolute Gasteiger partial charge is 0.191 e. The van der Waals surface area contributed by atoms with Gasteiger partial charge < -0.3 is 4.74 Å². The van der Waals surface area contributed by atoms with Gasteiger partial charge in [0.15, 0.2) is 5.78 Å². The third-order valence-corrected chi connectivity index (χ3v) is 3.50. The minimum Gasteiger partial charge on any atom is -0.370 e. The molecule has 0 aromatic heterocycles. The lowest BCUT2D eigenvalue weighted by Gasteiger charge is -2.14. The molecule has 1 fully saturated rings. The summed E-state index contributed by atoms with van der Waals surface area (Å²) in [5.74, 6) is 1.09. The summed E-state index contributed by atoms with van der Waals surface area (Å²) in [6.45, 7) is 7.18. The van der Waals surface area contributed by atoms with E-state index < -0.39 is 0 Å². The van der Waals surface area contributed by atoms with E-state index in [4.69, 9.17) is 4.74 Å². The Morgan fingerprint density at radius 2 is 2.22 bits per heavy atom. The summed E-state index contributed by atoms with van der Waals surface area (Å²) in [7, 11) is 0. The summed E-state index contributed by atoms with van der Waals surface area (Å²) in [5, 5.41) is 0.